The number of thioether (sulfide) groups is 1. The third-order valence-corrected chi connectivity index (χ3v) is 4.78. The Morgan fingerprint density at radius 1 is 1.19 bits per heavy atom. The number of pyridine rings is 1. The molecule has 0 saturated heterocycles. The molecule has 0 radical (unpaired) electrons. The first-order valence-corrected chi connectivity index (χ1v) is 8.56. The Morgan fingerprint density at radius 3 is 2.67 bits per heavy atom. The predicted octanol–water partition coefficient (Wildman–Crippen LogP) is 4.24. The van der Waals surface area contributed by atoms with Gasteiger partial charge in [0.15, 0.2) is 0 Å². The van der Waals surface area contributed by atoms with Crippen LogP contribution in [-0.2, 0) is 12.3 Å². The van der Waals surface area contributed by atoms with Gasteiger partial charge in [0.05, 0.1) is 0 Å². The van der Waals surface area contributed by atoms with Crippen LogP contribution in [0.15, 0.2) is 41.6 Å². The van der Waals surface area contributed by atoms with Crippen molar-refractivity contribution in [1.29, 1.82) is 0 Å². The second kappa shape index (κ2) is 6.63. The van der Waals surface area contributed by atoms with Gasteiger partial charge in [-0.3, -0.25) is 0 Å². The number of hydrogen-bond acceptors (Lipinski definition) is 3. The van der Waals surface area contributed by atoms with Gasteiger partial charge < -0.3 is 5.32 Å². The van der Waals surface area contributed by atoms with Crippen molar-refractivity contribution in [2.24, 2.45) is 0 Å². The summed E-state index contributed by atoms with van der Waals surface area (Å²) >= 11 is 1.84. The number of aromatic nitrogens is 1. The highest BCUT2D eigenvalue weighted by Crippen LogP contribution is 2.26. The molecule has 0 amide bonds. The molecule has 110 valence electrons. The Bertz CT molecular complexity index is 600. The lowest BCUT2D eigenvalue weighted by Crippen LogP contribution is -2.16. The SMILES string of the molecule is Cc1cc(C)cc(CSc2ncccc2CNC2CC2)c1. The molecule has 2 aromatic rings. The summed E-state index contributed by atoms with van der Waals surface area (Å²) in [4.78, 5) is 4.56. The lowest BCUT2D eigenvalue weighted by molar-refractivity contribution is 0.675. The lowest BCUT2D eigenvalue weighted by Gasteiger charge is -2.09. The molecular weight excluding hydrogens is 276 g/mol. The van der Waals surface area contributed by atoms with Crippen molar-refractivity contribution in [2.75, 3.05) is 0 Å². The lowest BCUT2D eigenvalue weighted by atomic mass is 10.1. The van der Waals surface area contributed by atoms with Crippen LogP contribution >= 0.6 is 11.8 Å². The first-order chi connectivity index (χ1) is 10.2. The number of hydrogen-bond donors (Lipinski definition) is 1. The summed E-state index contributed by atoms with van der Waals surface area (Å²) in [6.45, 7) is 5.26. The zero-order valence-corrected chi connectivity index (χ0v) is 13.5. The standard InChI is InChI=1S/C18H22N2S/c1-13-8-14(2)10-15(9-13)12-21-18-16(4-3-7-19-18)11-20-17-5-6-17/h3-4,7-10,17,20H,5-6,11-12H2,1-2H3. The van der Waals surface area contributed by atoms with E-state index in [0.717, 1.165) is 23.4 Å². The van der Waals surface area contributed by atoms with E-state index >= 15 is 0 Å². The summed E-state index contributed by atoms with van der Waals surface area (Å²) in [7, 11) is 0. The van der Waals surface area contributed by atoms with Gasteiger partial charge >= 0.3 is 0 Å². The topological polar surface area (TPSA) is 24.9 Å². The van der Waals surface area contributed by atoms with Gasteiger partial charge in [-0.05, 0) is 43.9 Å². The van der Waals surface area contributed by atoms with Crippen LogP contribution in [0.25, 0.3) is 0 Å². The minimum Gasteiger partial charge on any atom is -0.310 e. The van der Waals surface area contributed by atoms with Crippen molar-refractivity contribution >= 4 is 11.8 Å². The molecule has 0 spiro atoms. The molecule has 3 heteroatoms. The molecule has 0 unspecified atom stereocenters. The maximum atomic E-state index is 4.56. The molecule has 1 N–H and O–H groups in total. The molecule has 0 bridgehead atoms. The first-order valence-electron chi connectivity index (χ1n) is 7.58. The van der Waals surface area contributed by atoms with Crippen LogP contribution in [0.5, 0.6) is 0 Å². The van der Waals surface area contributed by atoms with Crippen molar-refractivity contribution in [3.05, 3.63) is 58.8 Å². The summed E-state index contributed by atoms with van der Waals surface area (Å²) < 4.78 is 0. The van der Waals surface area contributed by atoms with E-state index in [1.165, 1.54) is 35.1 Å². The maximum absolute atomic E-state index is 4.56. The Balaban J connectivity index is 1.66. The highest BCUT2D eigenvalue weighted by atomic mass is 32.2. The highest BCUT2D eigenvalue weighted by molar-refractivity contribution is 7.98. The summed E-state index contributed by atoms with van der Waals surface area (Å²) in [5.74, 6) is 0.982. The van der Waals surface area contributed by atoms with E-state index in [-0.39, 0.29) is 0 Å². The van der Waals surface area contributed by atoms with Crippen LogP contribution in [0.4, 0.5) is 0 Å². The average molecular weight is 298 g/mol. The minimum absolute atomic E-state index is 0.738. The van der Waals surface area contributed by atoms with E-state index < -0.39 is 0 Å². The Labute approximate surface area is 131 Å². The molecule has 1 aliphatic carbocycles. The molecule has 3 rings (SSSR count). The third kappa shape index (κ3) is 4.32. The molecule has 0 aliphatic heterocycles. The molecule has 1 aromatic heterocycles. The maximum Gasteiger partial charge on any atom is 0.101 e. The number of aryl methyl sites for hydroxylation is 2. The summed E-state index contributed by atoms with van der Waals surface area (Å²) in [5.41, 5.74) is 5.37. The molecular formula is C18H22N2S. The molecule has 1 aliphatic rings. The van der Waals surface area contributed by atoms with Gasteiger partial charge in [-0.15, -0.1) is 11.8 Å². The highest BCUT2D eigenvalue weighted by Gasteiger charge is 2.20. The fraction of sp³-hybridized carbons (Fsp3) is 0.389. The van der Waals surface area contributed by atoms with Gasteiger partial charge in [-0.25, -0.2) is 4.98 Å². The van der Waals surface area contributed by atoms with Gasteiger partial charge in [-0.2, -0.15) is 0 Å². The fourth-order valence-corrected chi connectivity index (χ4v) is 3.47. The minimum atomic E-state index is 0.738. The molecule has 1 aromatic carbocycles. The smallest absolute Gasteiger partial charge is 0.101 e. The predicted molar refractivity (Wildman–Crippen MR) is 89.6 cm³/mol. The number of rotatable bonds is 6. The van der Waals surface area contributed by atoms with Crippen molar-refractivity contribution < 1.29 is 0 Å². The van der Waals surface area contributed by atoms with Gasteiger partial charge in [0.2, 0.25) is 0 Å². The van der Waals surface area contributed by atoms with Crippen LogP contribution < -0.4 is 5.32 Å². The summed E-state index contributed by atoms with van der Waals surface area (Å²) in [5, 5.41) is 4.73. The van der Waals surface area contributed by atoms with Crippen molar-refractivity contribution in [3.8, 4) is 0 Å². The average Bonchev–Trinajstić information content (AvgIpc) is 3.27. The van der Waals surface area contributed by atoms with Gasteiger partial charge in [0, 0.05) is 24.5 Å². The molecule has 1 saturated carbocycles. The van der Waals surface area contributed by atoms with E-state index in [2.05, 4.69) is 48.4 Å². The quantitative estimate of drug-likeness (QED) is 0.807. The second-order valence-electron chi connectivity index (χ2n) is 5.91. The largest absolute Gasteiger partial charge is 0.310 e. The van der Waals surface area contributed by atoms with Gasteiger partial charge in [-0.1, -0.05) is 35.4 Å². The zero-order chi connectivity index (χ0) is 14.7. The van der Waals surface area contributed by atoms with Gasteiger partial charge in [0.1, 0.15) is 5.03 Å². The monoisotopic (exact) mass is 298 g/mol. The first kappa shape index (κ1) is 14.6. The number of nitrogens with one attached hydrogen (secondary N) is 1. The Hall–Kier alpha value is -1.32. The van der Waals surface area contributed by atoms with Crippen LogP contribution in [0, 0.1) is 13.8 Å². The van der Waals surface area contributed by atoms with Crippen LogP contribution in [0.2, 0.25) is 0 Å². The van der Waals surface area contributed by atoms with E-state index in [1.54, 1.807) is 0 Å². The van der Waals surface area contributed by atoms with Crippen molar-refractivity contribution in [1.82, 2.24) is 10.3 Å². The second-order valence-corrected chi connectivity index (χ2v) is 6.87. The van der Waals surface area contributed by atoms with E-state index in [0.29, 0.717) is 0 Å². The van der Waals surface area contributed by atoms with Gasteiger partial charge in [0.25, 0.3) is 0 Å². The van der Waals surface area contributed by atoms with Crippen LogP contribution in [0.1, 0.15) is 35.1 Å². The number of nitrogens with zero attached hydrogens (tertiary/aromatic N) is 1. The Kier molecular flexibility index (Phi) is 4.61. The summed E-state index contributed by atoms with van der Waals surface area (Å²) in [6, 6.07) is 11.7. The van der Waals surface area contributed by atoms with E-state index in [1.807, 2.05) is 24.0 Å². The number of benzene rings is 1. The zero-order valence-electron chi connectivity index (χ0n) is 12.7. The molecule has 1 fully saturated rings. The summed E-state index contributed by atoms with van der Waals surface area (Å²) in [6.07, 6.45) is 4.54. The fourth-order valence-electron chi connectivity index (χ4n) is 2.53. The van der Waals surface area contributed by atoms with E-state index in [9.17, 15) is 0 Å². The molecule has 21 heavy (non-hydrogen) atoms. The molecule has 0 atom stereocenters. The van der Waals surface area contributed by atoms with E-state index in [4.69, 9.17) is 0 Å². The van der Waals surface area contributed by atoms with Crippen LogP contribution in [0.3, 0.4) is 0 Å². The normalized spacial score (nSPS) is 14.4. The van der Waals surface area contributed by atoms with Crippen molar-refractivity contribution in [2.45, 2.75) is 50.1 Å². The molecule has 1 heterocycles. The third-order valence-electron chi connectivity index (χ3n) is 3.67. The Morgan fingerprint density at radius 2 is 1.95 bits per heavy atom. The molecule has 2 nitrogen and oxygen atoms in total. The van der Waals surface area contributed by atoms with Crippen LogP contribution in [-0.4, -0.2) is 11.0 Å². The van der Waals surface area contributed by atoms with Crippen molar-refractivity contribution in [3.63, 3.8) is 0 Å².